The molecule has 2 N–H and O–H groups in total. The molecule has 0 radical (unpaired) electrons. The molecule has 0 spiro atoms. The fourth-order valence-electron chi connectivity index (χ4n) is 3.03. The van der Waals surface area contributed by atoms with Crippen LogP contribution in [0.3, 0.4) is 0 Å². The second-order valence-electron chi connectivity index (χ2n) is 7.46. The van der Waals surface area contributed by atoms with Gasteiger partial charge >= 0.3 is 11.9 Å². The first kappa shape index (κ1) is 24.9. The molecule has 0 amide bonds. The van der Waals surface area contributed by atoms with Gasteiger partial charge in [-0.2, -0.15) is 0 Å². The van der Waals surface area contributed by atoms with E-state index in [9.17, 15) is 9.59 Å². The molecule has 0 aromatic carbocycles. The Bertz CT molecular complexity index is 557. The zero-order valence-corrected chi connectivity index (χ0v) is 17.5. The number of hydrogen-bond donors (Lipinski definition) is 2. The summed E-state index contributed by atoms with van der Waals surface area (Å²) in [5, 5.41) is 18.1. The molecule has 4 unspecified atom stereocenters. The van der Waals surface area contributed by atoms with E-state index in [1.807, 2.05) is 0 Å². The largest absolute Gasteiger partial charge is 0.463 e. The van der Waals surface area contributed by atoms with E-state index in [0.717, 1.165) is 0 Å². The molecular weight excluding hydrogens is 404 g/mol. The molecule has 2 aliphatic heterocycles. The standard InChI is InChI=1S/C19H32O11/c1-18(27-12-14(10-20)29-18)4-3-16(22)25-7-5-24-6-8-26-17(23)9-19(2)28-13-15(11-21)30-19/h14-15,20-21H,3-13H2,1-2H3. The molecule has 30 heavy (non-hydrogen) atoms. The predicted molar refractivity (Wildman–Crippen MR) is 99.2 cm³/mol. The van der Waals surface area contributed by atoms with Crippen molar-refractivity contribution in [2.45, 2.75) is 56.9 Å². The van der Waals surface area contributed by atoms with E-state index in [-0.39, 0.29) is 65.2 Å². The highest BCUT2D eigenvalue weighted by molar-refractivity contribution is 5.70. The van der Waals surface area contributed by atoms with Gasteiger partial charge in [-0.25, -0.2) is 0 Å². The van der Waals surface area contributed by atoms with Crippen LogP contribution in [0.25, 0.3) is 0 Å². The van der Waals surface area contributed by atoms with Gasteiger partial charge in [0.1, 0.15) is 25.4 Å². The van der Waals surface area contributed by atoms with Gasteiger partial charge in [0.25, 0.3) is 0 Å². The lowest BCUT2D eigenvalue weighted by molar-refractivity contribution is -0.182. The second kappa shape index (κ2) is 11.9. The van der Waals surface area contributed by atoms with Crippen molar-refractivity contribution >= 4 is 11.9 Å². The van der Waals surface area contributed by atoms with Gasteiger partial charge in [0.2, 0.25) is 0 Å². The Labute approximate surface area is 175 Å². The third-order valence-electron chi connectivity index (χ3n) is 4.62. The summed E-state index contributed by atoms with van der Waals surface area (Å²) in [6, 6.07) is 0. The van der Waals surface area contributed by atoms with Crippen LogP contribution >= 0.6 is 0 Å². The van der Waals surface area contributed by atoms with Crippen LogP contribution in [0.15, 0.2) is 0 Å². The van der Waals surface area contributed by atoms with E-state index in [0.29, 0.717) is 13.0 Å². The Morgan fingerprint density at radius 3 is 1.97 bits per heavy atom. The summed E-state index contributed by atoms with van der Waals surface area (Å²) in [6.07, 6.45) is -0.456. The van der Waals surface area contributed by atoms with E-state index in [2.05, 4.69) is 0 Å². The van der Waals surface area contributed by atoms with Gasteiger partial charge < -0.3 is 43.4 Å². The number of hydrogen-bond acceptors (Lipinski definition) is 11. The van der Waals surface area contributed by atoms with E-state index in [4.69, 9.17) is 43.4 Å². The molecule has 174 valence electrons. The zero-order valence-electron chi connectivity index (χ0n) is 17.5. The van der Waals surface area contributed by atoms with Crippen LogP contribution in [-0.2, 0) is 42.7 Å². The normalized spacial score (nSPS) is 31.1. The van der Waals surface area contributed by atoms with Gasteiger partial charge in [0, 0.05) is 6.42 Å². The molecule has 2 aliphatic rings. The van der Waals surface area contributed by atoms with Crippen LogP contribution in [0.4, 0.5) is 0 Å². The SMILES string of the molecule is CC1(CCC(=O)OCCOCCOC(=O)CC2(C)OCC(CO)O2)OCC(CO)O1. The summed E-state index contributed by atoms with van der Waals surface area (Å²) in [6.45, 7) is 4.00. The Morgan fingerprint density at radius 2 is 1.40 bits per heavy atom. The summed E-state index contributed by atoms with van der Waals surface area (Å²) in [7, 11) is 0. The molecule has 0 aromatic rings. The summed E-state index contributed by atoms with van der Waals surface area (Å²) >= 11 is 0. The van der Waals surface area contributed by atoms with E-state index < -0.39 is 29.6 Å². The minimum atomic E-state index is -1.09. The van der Waals surface area contributed by atoms with Crippen LogP contribution in [0.2, 0.25) is 0 Å². The molecular formula is C19H32O11. The number of esters is 2. The molecule has 11 heteroatoms. The fourth-order valence-corrected chi connectivity index (χ4v) is 3.03. The average molecular weight is 436 g/mol. The highest BCUT2D eigenvalue weighted by Gasteiger charge is 2.39. The molecule has 2 fully saturated rings. The quantitative estimate of drug-likeness (QED) is 0.285. The van der Waals surface area contributed by atoms with E-state index in [1.54, 1.807) is 13.8 Å². The first-order chi connectivity index (χ1) is 14.3. The van der Waals surface area contributed by atoms with Crippen LogP contribution in [0, 0.1) is 0 Å². The Morgan fingerprint density at radius 1 is 0.867 bits per heavy atom. The molecule has 2 heterocycles. The fraction of sp³-hybridized carbons (Fsp3) is 0.895. The Hall–Kier alpha value is -1.34. The lowest BCUT2D eigenvalue weighted by Crippen LogP contribution is -2.31. The maximum Gasteiger partial charge on any atom is 0.311 e. The Balaban J connectivity index is 1.45. The number of carbonyl (C=O) groups excluding carboxylic acids is 2. The smallest absolute Gasteiger partial charge is 0.311 e. The number of aliphatic hydroxyl groups is 2. The van der Waals surface area contributed by atoms with Crippen molar-refractivity contribution in [1.29, 1.82) is 0 Å². The summed E-state index contributed by atoms with van der Waals surface area (Å²) in [4.78, 5) is 23.6. The summed E-state index contributed by atoms with van der Waals surface area (Å²) in [5.41, 5.74) is 0. The zero-order chi connectivity index (χ0) is 22.0. The van der Waals surface area contributed by atoms with Crippen molar-refractivity contribution in [1.82, 2.24) is 0 Å². The van der Waals surface area contributed by atoms with Crippen molar-refractivity contribution < 1.29 is 53.0 Å². The van der Waals surface area contributed by atoms with Crippen molar-refractivity contribution in [3.05, 3.63) is 0 Å². The minimum Gasteiger partial charge on any atom is -0.463 e. The minimum absolute atomic E-state index is 0.0470. The van der Waals surface area contributed by atoms with Crippen molar-refractivity contribution in [3.8, 4) is 0 Å². The molecule has 0 saturated carbocycles. The lowest BCUT2D eigenvalue weighted by atomic mass is 10.2. The number of aliphatic hydroxyl groups excluding tert-OH is 2. The molecule has 2 saturated heterocycles. The lowest BCUT2D eigenvalue weighted by Gasteiger charge is -2.22. The van der Waals surface area contributed by atoms with Crippen molar-refractivity contribution in [2.75, 3.05) is 52.9 Å². The van der Waals surface area contributed by atoms with Gasteiger partial charge in [-0.1, -0.05) is 0 Å². The van der Waals surface area contributed by atoms with Crippen LogP contribution in [-0.4, -0.2) is 98.8 Å². The van der Waals surface area contributed by atoms with Crippen LogP contribution in [0.1, 0.15) is 33.1 Å². The van der Waals surface area contributed by atoms with Gasteiger partial charge in [-0.15, -0.1) is 0 Å². The summed E-state index contributed by atoms with van der Waals surface area (Å²) in [5.74, 6) is -2.89. The third-order valence-corrected chi connectivity index (χ3v) is 4.62. The number of ether oxygens (including phenoxy) is 7. The predicted octanol–water partition coefficient (Wildman–Crippen LogP) is -0.492. The van der Waals surface area contributed by atoms with Crippen LogP contribution in [0.5, 0.6) is 0 Å². The molecule has 0 aliphatic carbocycles. The first-order valence-corrected chi connectivity index (χ1v) is 10.0. The van der Waals surface area contributed by atoms with E-state index in [1.165, 1.54) is 0 Å². The second-order valence-corrected chi connectivity index (χ2v) is 7.46. The maximum atomic E-state index is 11.8. The van der Waals surface area contributed by atoms with Crippen molar-refractivity contribution in [3.63, 3.8) is 0 Å². The van der Waals surface area contributed by atoms with Gasteiger partial charge in [-0.05, 0) is 13.8 Å². The topological polar surface area (TPSA) is 139 Å². The highest BCUT2D eigenvalue weighted by atomic mass is 16.8. The molecule has 11 nitrogen and oxygen atoms in total. The molecule has 0 aromatic heterocycles. The highest BCUT2D eigenvalue weighted by Crippen LogP contribution is 2.28. The monoisotopic (exact) mass is 436 g/mol. The average Bonchev–Trinajstić information content (AvgIpc) is 3.28. The van der Waals surface area contributed by atoms with Gasteiger partial charge in [0.05, 0.1) is 52.5 Å². The van der Waals surface area contributed by atoms with Gasteiger partial charge in [0.15, 0.2) is 11.6 Å². The number of carbonyl (C=O) groups is 2. The molecule has 0 bridgehead atoms. The van der Waals surface area contributed by atoms with Crippen LogP contribution < -0.4 is 0 Å². The Kier molecular flexibility index (Phi) is 9.88. The van der Waals surface area contributed by atoms with Crippen molar-refractivity contribution in [2.24, 2.45) is 0 Å². The molecule has 2 rings (SSSR count). The molecule has 4 atom stereocenters. The van der Waals surface area contributed by atoms with Gasteiger partial charge in [-0.3, -0.25) is 9.59 Å². The first-order valence-electron chi connectivity index (χ1n) is 10.0. The maximum absolute atomic E-state index is 11.8. The summed E-state index contributed by atoms with van der Waals surface area (Å²) < 4.78 is 37.2. The number of rotatable bonds is 13. The third kappa shape index (κ3) is 8.42. The van der Waals surface area contributed by atoms with E-state index >= 15 is 0 Å².